The fourth-order valence-electron chi connectivity index (χ4n) is 2.79. The van der Waals surface area contributed by atoms with Gasteiger partial charge in [-0.2, -0.15) is 0 Å². The van der Waals surface area contributed by atoms with E-state index in [9.17, 15) is 0 Å². The van der Waals surface area contributed by atoms with E-state index in [1.807, 2.05) is 0 Å². The average molecular weight is 210 g/mol. The molecule has 0 saturated carbocycles. The van der Waals surface area contributed by atoms with Gasteiger partial charge in [0.15, 0.2) is 0 Å². The van der Waals surface area contributed by atoms with Gasteiger partial charge in [0.1, 0.15) is 0 Å². The predicted molar refractivity (Wildman–Crippen MR) is 63.9 cm³/mol. The minimum atomic E-state index is 1.05. The summed E-state index contributed by atoms with van der Waals surface area (Å²) in [7, 11) is 2.37. The number of rotatable bonds is 3. The minimum Gasteiger partial charge on any atom is -0.311 e. The van der Waals surface area contributed by atoms with E-state index in [0.29, 0.717) is 0 Å². The molecule has 0 amide bonds. The van der Waals surface area contributed by atoms with Crippen molar-refractivity contribution in [2.45, 2.75) is 32.6 Å². The Morgan fingerprint density at radius 1 is 1.33 bits per heavy atom. The summed E-state index contributed by atoms with van der Waals surface area (Å²) in [5.41, 5.74) is 0. The van der Waals surface area contributed by atoms with Crippen LogP contribution in [0.1, 0.15) is 32.6 Å². The van der Waals surface area contributed by atoms with Gasteiger partial charge in [-0.3, -0.25) is 4.48 Å². The van der Waals surface area contributed by atoms with Gasteiger partial charge in [0.2, 0.25) is 0 Å². The highest BCUT2D eigenvalue weighted by atomic mass is 15.5. The summed E-state index contributed by atoms with van der Waals surface area (Å²) in [6, 6.07) is 0. The van der Waals surface area contributed by atoms with Crippen LogP contribution >= 0.6 is 0 Å². The highest BCUT2D eigenvalue weighted by molar-refractivity contribution is 5.74. The standard InChI is InChI=1S/C12H24N3/c1-3-4-10-15(2)11-6-9-14-8-5-7-13-12(14)15/h3-11H2,1-2H3/q+1. The smallest absolute Gasteiger partial charge is 0.300 e. The maximum Gasteiger partial charge on any atom is 0.300 e. The third kappa shape index (κ3) is 2.17. The summed E-state index contributed by atoms with van der Waals surface area (Å²) < 4.78 is 1.09. The Hall–Kier alpha value is -0.570. The average Bonchev–Trinajstić information content (AvgIpc) is 2.27. The first-order valence-electron chi connectivity index (χ1n) is 6.41. The first-order valence-corrected chi connectivity index (χ1v) is 6.41. The van der Waals surface area contributed by atoms with Crippen LogP contribution in [-0.2, 0) is 0 Å². The highest BCUT2D eigenvalue weighted by Crippen LogP contribution is 2.20. The Morgan fingerprint density at radius 2 is 2.13 bits per heavy atom. The van der Waals surface area contributed by atoms with Crippen LogP contribution in [0.3, 0.4) is 0 Å². The second-order valence-corrected chi connectivity index (χ2v) is 5.07. The van der Waals surface area contributed by atoms with Crippen molar-refractivity contribution >= 4 is 5.96 Å². The molecule has 1 saturated heterocycles. The first-order chi connectivity index (χ1) is 7.26. The van der Waals surface area contributed by atoms with Crippen LogP contribution in [0.25, 0.3) is 0 Å². The van der Waals surface area contributed by atoms with E-state index >= 15 is 0 Å². The van der Waals surface area contributed by atoms with Gasteiger partial charge in [-0.15, -0.1) is 0 Å². The summed E-state index contributed by atoms with van der Waals surface area (Å²) in [5, 5.41) is 0. The van der Waals surface area contributed by atoms with Gasteiger partial charge >= 0.3 is 0 Å². The molecule has 0 bridgehead atoms. The second-order valence-electron chi connectivity index (χ2n) is 5.07. The van der Waals surface area contributed by atoms with E-state index in [4.69, 9.17) is 4.99 Å². The molecule has 0 spiro atoms. The summed E-state index contributed by atoms with van der Waals surface area (Å²) >= 11 is 0. The van der Waals surface area contributed by atoms with Crippen LogP contribution in [0, 0.1) is 0 Å². The molecule has 0 radical (unpaired) electrons. The van der Waals surface area contributed by atoms with Gasteiger partial charge in [0.25, 0.3) is 5.96 Å². The molecule has 1 unspecified atom stereocenters. The summed E-state index contributed by atoms with van der Waals surface area (Å²) in [6.07, 6.45) is 5.20. The number of aliphatic imine (C=N–C) groups is 1. The van der Waals surface area contributed by atoms with Crippen molar-refractivity contribution in [2.24, 2.45) is 4.99 Å². The lowest BCUT2D eigenvalue weighted by molar-refractivity contribution is -0.831. The number of fused-ring (bicyclic) bond motifs is 1. The van der Waals surface area contributed by atoms with E-state index in [2.05, 4.69) is 18.9 Å². The molecule has 2 aliphatic rings. The van der Waals surface area contributed by atoms with Gasteiger partial charge in [-0.1, -0.05) is 13.3 Å². The topological polar surface area (TPSA) is 15.6 Å². The molecular weight excluding hydrogens is 186 g/mol. The normalized spacial score (nSPS) is 31.1. The molecule has 0 aromatic rings. The fraction of sp³-hybridized carbons (Fsp3) is 0.917. The summed E-state index contributed by atoms with van der Waals surface area (Å²) in [5.74, 6) is 1.38. The van der Waals surface area contributed by atoms with Gasteiger partial charge < -0.3 is 4.90 Å². The van der Waals surface area contributed by atoms with E-state index in [1.165, 1.54) is 57.8 Å². The molecule has 2 heterocycles. The molecule has 2 aliphatic heterocycles. The van der Waals surface area contributed by atoms with Crippen LogP contribution in [-0.4, -0.2) is 55.1 Å². The Labute approximate surface area is 93.4 Å². The van der Waals surface area contributed by atoms with Crippen molar-refractivity contribution in [3.05, 3.63) is 0 Å². The fourth-order valence-corrected chi connectivity index (χ4v) is 2.79. The van der Waals surface area contributed by atoms with Crippen molar-refractivity contribution < 1.29 is 4.48 Å². The Morgan fingerprint density at radius 3 is 2.93 bits per heavy atom. The molecule has 0 aromatic heterocycles. The van der Waals surface area contributed by atoms with Crippen LogP contribution in [0.2, 0.25) is 0 Å². The summed E-state index contributed by atoms with van der Waals surface area (Å²) in [4.78, 5) is 7.29. The van der Waals surface area contributed by atoms with E-state index in [1.54, 1.807) is 0 Å². The lowest BCUT2D eigenvalue weighted by Crippen LogP contribution is -2.62. The molecule has 3 heteroatoms. The number of quaternary nitrogens is 1. The predicted octanol–water partition coefficient (Wildman–Crippen LogP) is 1.70. The maximum atomic E-state index is 4.77. The molecular formula is C12H24N3+. The summed E-state index contributed by atoms with van der Waals surface area (Å²) in [6.45, 7) is 8.35. The molecule has 1 fully saturated rings. The number of hydrogen-bond acceptors (Lipinski definition) is 2. The van der Waals surface area contributed by atoms with Crippen molar-refractivity contribution in [1.82, 2.24) is 4.90 Å². The van der Waals surface area contributed by atoms with Gasteiger partial charge in [-0.25, -0.2) is 4.99 Å². The first kappa shape index (κ1) is 10.9. The lowest BCUT2D eigenvalue weighted by atomic mass is 10.2. The van der Waals surface area contributed by atoms with E-state index < -0.39 is 0 Å². The van der Waals surface area contributed by atoms with Crippen LogP contribution in [0.4, 0.5) is 0 Å². The van der Waals surface area contributed by atoms with Crippen molar-refractivity contribution in [3.8, 4) is 0 Å². The Balaban J connectivity index is 2.11. The number of nitrogens with zero attached hydrogens (tertiary/aromatic N) is 3. The molecule has 0 aliphatic carbocycles. The largest absolute Gasteiger partial charge is 0.311 e. The zero-order valence-electron chi connectivity index (χ0n) is 10.2. The molecule has 86 valence electrons. The van der Waals surface area contributed by atoms with Crippen LogP contribution in [0.15, 0.2) is 4.99 Å². The van der Waals surface area contributed by atoms with Crippen molar-refractivity contribution in [3.63, 3.8) is 0 Å². The van der Waals surface area contributed by atoms with Gasteiger partial charge in [0, 0.05) is 26.1 Å². The number of guanidine groups is 1. The maximum absolute atomic E-state index is 4.77. The molecule has 0 N–H and O–H groups in total. The quantitative estimate of drug-likeness (QED) is 0.647. The minimum absolute atomic E-state index is 1.05. The Kier molecular flexibility index (Phi) is 3.29. The number of unbranched alkanes of at least 4 members (excludes halogenated alkanes) is 1. The van der Waals surface area contributed by atoms with Crippen LogP contribution < -0.4 is 0 Å². The lowest BCUT2D eigenvalue weighted by Gasteiger charge is -2.44. The monoisotopic (exact) mass is 210 g/mol. The zero-order valence-corrected chi connectivity index (χ0v) is 10.2. The molecule has 0 aromatic carbocycles. The van der Waals surface area contributed by atoms with Crippen molar-refractivity contribution in [1.29, 1.82) is 0 Å². The third-order valence-corrected chi connectivity index (χ3v) is 3.69. The van der Waals surface area contributed by atoms with Gasteiger partial charge in [0.05, 0.1) is 20.1 Å². The molecule has 2 rings (SSSR count). The SMILES string of the molecule is CCCC[N+]1(C)CCCN2CCCN=C21. The van der Waals surface area contributed by atoms with E-state index in [0.717, 1.165) is 11.0 Å². The second kappa shape index (κ2) is 4.52. The van der Waals surface area contributed by atoms with Crippen molar-refractivity contribution in [2.75, 3.05) is 39.8 Å². The molecule has 3 nitrogen and oxygen atoms in total. The molecule has 15 heavy (non-hydrogen) atoms. The third-order valence-electron chi connectivity index (χ3n) is 3.69. The number of hydrogen-bond donors (Lipinski definition) is 0. The molecule has 1 atom stereocenters. The van der Waals surface area contributed by atoms with E-state index in [-0.39, 0.29) is 0 Å². The van der Waals surface area contributed by atoms with Crippen LogP contribution in [0.5, 0.6) is 0 Å². The van der Waals surface area contributed by atoms with Gasteiger partial charge in [-0.05, 0) is 12.8 Å². The Bertz CT molecular complexity index is 249. The highest BCUT2D eigenvalue weighted by Gasteiger charge is 2.37. The zero-order chi connectivity index (χ0) is 10.7.